The van der Waals surface area contributed by atoms with E-state index in [1.807, 2.05) is 56.0 Å². The Balaban J connectivity index is 1.76. The van der Waals surface area contributed by atoms with E-state index in [0.29, 0.717) is 6.42 Å². The first kappa shape index (κ1) is 16.7. The van der Waals surface area contributed by atoms with Gasteiger partial charge in [-0.1, -0.05) is 51.1 Å². The number of hydrogen-bond acceptors (Lipinski definition) is 3. The zero-order chi connectivity index (χ0) is 16.2. The van der Waals surface area contributed by atoms with Gasteiger partial charge in [0.15, 0.2) is 5.78 Å². The molecule has 2 rings (SSSR count). The number of carbonyl (C=O) groups is 2. The molecule has 0 spiro atoms. The summed E-state index contributed by atoms with van der Waals surface area (Å²) < 4.78 is 0. The van der Waals surface area contributed by atoms with E-state index in [1.165, 1.54) is 0 Å². The SMILES string of the molecule is CC(C)(C)C(=O)N1CCN(CCC(=O)c2ccccc2)CC1. The van der Waals surface area contributed by atoms with Crippen molar-refractivity contribution >= 4 is 11.7 Å². The van der Waals surface area contributed by atoms with Crippen LogP contribution in [0.1, 0.15) is 37.6 Å². The molecule has 0 radical (unpaired) electrons. The van der Waals surface area contributed by atoms with Gasteiger partial charge in [-0.25, -0.2) is 0 Å². The number of amides is 1. The van der Waals surface area contributed by atoms with Crippen LogP contribution in [0.15, 0.2) is 30.3 Å². The van der Waals surface area contributed by atoms with Crippen molar-refractivity contribution in [3.63, 3.8) is 0 Å². The molecule has 0 saturated carbocycles. The molecular formula is C18H26N2O2. The Morgan fingerprint density at radius 2 is 1.59 bits per heavy atom. The van der Waals surface area contributed by atoms with E-state index in [9.17, 15) is 9.59 Å². The quantitative estimate of drug-likeness (QED) is 0.802. The van der Waals surface area contributed by atoms with Crippen LogP contribution in [-0.2, 0) is 4.79 Å². The molecule has 22 heavy (non-hydrogen) atoms. The third kappa shape index (κ3) is 4.41. The highest BCUT2D eigenvalue weighted by Crippen LogP contribution is 2.18. The van der Waals surface area contributed by atoms with Gasteiger partial charge < -0.3 is 4.90 Å². The normalized spacial score (nSPS) is 16.6. The highest BCUT2D eigenvalue weighted by molar-refractivity contribution is 5.96. The van der Waals surface area contributed by atoms with E-state index in [4.69, 9.17) is 0 Å². The maximum Gasteiger partial charge on any atom is 0.228 e. The number of carbonyl (C=O) groups excluding carboxylic acids is 2. The van der Waals surface area contributed by atoms with Crippen molar-refractivity contribution in [2.24, 2.45) is 5.41 Å². The molecule has 0 unspecified atom stereocenters. The topological polar surface area (TPSA) is 40.6 Å². The fourth-order valence-electron chi connectivity index (χ4n) is 2.68. The molecule has 1 aromatic carbocycles. The van der Waals surface area contributed by atoms with Gasteiger partial charge in [0.25, 0.3) is 0 Å². The van der Waals surface area contributed by atoms with Crippen molar-refractivity contribution in [3.8, 4) is 0 Å². The summed E-state index contributed by atoms with van der Waals surface area (Å²) in [6.07, 6.45) is 0.539. The largest absolute Gasteiger partial charge is 0.340 e. The number of rotatable bonds is 4. The van der Waals surface area contributed by atoms with Gasteiger partial charge in [0, 0.05) is 50.1 Å². The molecule has 0 N–H and O–H groups in total. The zero-order valence-electron chi connectivity index (χ0n) is 13.8. The lowest BCUT2D eigenvalue weighted by Crippen LogP contribution is -2.51. The van der Waals surface area contributed by atoms with Gasteiger partial charge in [0.1, 0.15) is 0 Å². The minimum absolute atomic E-state index is 0.189. The number of hydrogen-bond donors (Lipinski definition) is 0. The molecule has 0 atom stereocenters. The third-order valence-electron chi connectivity index (χ3n) is 4.05. The molecule has 1 aliphatic rings. The number of nitrogens with zero attached hydrogens (tertiary/aromatic N) is 2. The lowest BCUT2D eigenvalue weighted by Gasteiger charge is -2.37. The van der Waals surface area contributed by atoms with Gasteiger partial charge in [-0.2, -0.15) is 0 Å². The monoisotopic (exact) mass is 302 g/mol. The van der Waals surface area contributed by atoms with E-state index in [1.54, 1.807) is 0 Å². The molecule has 1 heterocycles. The second kappa shape index (κ2) is 7.05. The van der Waals surface area contributed by atoms with Gasteiger partial charge in [-0.05, 0) is 0 Å². The highest BCUT2D eigenvalue weighted by atomic mass is 16.2. The van der Waals surface area contributed by atoms with Gasteiger partial charge in [0.2, 0.25) is 5.91 Å². The molecule has 0 aliphatic carbocycles. The van der Waals surface area contributed by atoms with E-state index in [-0.39, 0.29) is 17.1 Å². The Bertz CT molecular complexity index is 512. The first-order chi connectivity index (χ1) is 10.4. The predicted octanol–water partition coefficient (Wildman–Crippen LogP) is 2.45. The summed E-state index contributed by atoms with van der Waals surface area (Å²) in [7, 11) is 0. The maximum absolute atomic E-state index is 12.2. The summed E-state index contributed by atoms with van der Waals surface area (Å²) in [4.78, 5) is 28.5. The molecule has 0 aromatic heterocycles. The first-order valence-electron chi connectivity index (χ1n) is 7.98. The molecule has 4 heteroatoms. The van der Waals surface area contributed by atoms with E-state index in [0.717, 1.165) is 38.3 Å². The smallest absolute Gasteiger partial charge is 0.228 e. The van der Waals surface area contributed by atoms with E-state index in [2.05, 4.69) is 4.90 Å². The first-order valence-corrected chi connectivity index (χ1v) is 7.98. The minimum atomic E-state index is -0.314. The van der Waals surface area contributed by atoms with Crippen molar-refractivity contribution < 1.29 is 9.59 Å². The van der Waals surface area contributed by atoms with Gasteiger partial charge in [-0.3, -0.25) is 14.5 Å². The van der Waals surface area contributed by atoms with Crippen LogP contribution in [0.4, 0.5) is 0 Å². The van der Waals surface area contributed by atoms with Gasteiger partial charge in [0.05, 0.1) is 0 Å². The molecular weight excluding hydrogens is 276 g/mol. The van der Waals surface area contributed by atoms with Crippen LogP contribution in [0, 0.1) is 5.41 Å². The van der Waals surface area contributed by atoms with E-state index >= 15 is 0 Å². The highest BCUT2D eigenvalue weighted by Gasteiger charge is 2.29. The number of Topliss-reactive ketones (excluding diaryl/α,β-unsaturated/α-hetero) is 1. The molecule has 1 aliphatic heterocycles. The van der Waals surface area contributed by atoms with Crippen molar-refractivity contribution in [3.05, 3.63) is 35.9 Å². The summed E-state index contributed by atoms with van der Waals surface area (Å²) in [6, 6.07) is 9.43. The van der Waals surface area contributed by atoms with E-state index < -0.39 is 0 Å². The van der Waals surface area contributed by atoms with Crippen molar-refractivity contribution in [1.82, 2.24) is 9.80 Å². The lowest BCUT2D eigenvalue weighted by atomic mass is 9.94. The average Bonchev–Trinajstić information content (AvgIpc) is 2.52. The van der Waals surface area contributed by atoms with Crippen molar-refractivity contribution in [2.75, 3.05) is 32.7 Å². The maximum atomic E-state index is 12.2. The molecule has 1 aromatic rings. The molecule has 1 saturated heterocycles. The average molecular weight is 302 g/mol. The van der Waals surface area contributed by atoms with Crippen molar-refractivity contribution in [2.45, 2.75) is 27.2 Å². The van der Waals surface area contributed by atoms with Crippen LogP contribution in [0.5, 0.6) is 0 Å². The predicted molar refractivity (Wildman–Crippen MR) is 87.9 cm³/mol. The third-order valence-corrected chi connectivity index (χ3v) is 4.05. The number of benzene rings is 1. The Labute approximate surface area is 133 Å². The second-order valence-corrected chi connectivity index (χ2v) is 6.92. The minimum Gasteiger partial charge on any atom is -0.340 e. The number of ketones is 1. The second-order valence-electron chi connectivity index (χ2n) is 6.92. The summed E-state index contributed by atoms with van der Waals surface area (Å²) in [5, 5.41) is 0. The van der Waals surface area contributed by atoms with Crippen LogP contribution in [0.2, 0.25) is 0 Å². The lowest BCUT2D eigenvalue weighted by molar-refractivity contribution is -0.141. The van der Waals surface area contributed by atoms with Crippen LogP contribution in [-0.4, -0.2) is 54.2 Å². The number of piperazine rings is 1. The molecule has 1 fully saturated rings. The molecule has 4 nitrogen and oxygen atoms in total. The summed E-state index contributed by atoms with van der Waals surface area (Å²) in [6.45, 7) is 9.87. The molecule has 0 bridgehead atoms. The Kier molecular flexibility index (Phi) is 5.35. The van der Waals surface area contributed by atoms with Crippen LogP contribution in [0.3, 0.4) is 0 Å². The fourth-order valence-corrected chi connectivity index (χ4v) is 2.68. The van der Waals surface area contributed by atoms with Gasteiger partial charge in [-0.15, -0.1) is 0 Å². The fraction of sp³-hybridized carbons (Fsp3) is 0.556. The summed E-state index contributed by atoms with van der Waals surface area (Å²) in [5.74, 6) is 0.404. The summed E-state index contributed by atoms with van der Waals surface area (Å²) in [5.41, 5.74) is 0.467. The van der Waals surface area contributed by atoms with Crippen LogP contribution < -0.4 is 0 Å². The molecule has 1 amide bonds. The van der Waals surface area contributed by atoms with Crippen LogP contribution in [0.25, 0.3) is 0 Å². The zero-order valence-corrected chi connectivity index (χ0v) is 13.8. The van der Waals surface area contributed by atoms with Crippen molar-refractivity contribution in [1.29, 1.82) is 0 Å². The van der Waals surface area contributed by atoms with Gasteiger partial charge >= 0.3 is 0 Å². The molecule has 120 valence electrons. The standard InChI is InChI=1S/C18H26N2O2/c1-18(2,3)17(22)20-13-11-19(12-14-20)10-9-16(21)15-7-5-4-6-8-15/h4-8H,9-14H2,1-3H3. The Morgan fingerprint density at radius 1 is 1.00 bits per heavy atom. The van der Waals surface area contributed by atoms with Crippen LogP contribution >= 0.6 is 0 Å². The Hall–Kier alpha value is -1.68. The Morgan fingerprint density at radius 3 is 2.14 bits per heavy atom. The summed E-state index contributed by atoms with van der Waals surface area (Å²) >= 11 is 0.